The zero-order chi connectivity index (χ0) is 20.5. The molecule has 1 aromatic carbocycles. The maximum Gasteiger partial charge on any atom is 0.174 e. The van der Waals surface area contributed by atoms with Crippen LogP contribution in [-0.4, -0.2) is 26.7 Å². The van der Waals surface area contributed by atoms with Crippen molar-refractivity contribution < 1.29 is 10.0 Å². The van der Waals surface area contributed by atoms with Crippen molar-refractivity contribution in [2.45, 2.75) is 46.1 Å². The summed E-state index contributed by atoms with van der Waals surface area (Å²) >= 11 is 12.3. The minimum Gasteiger partial charge on any atom is -0.411 e. The van der Waals surface area contributed by atoms with Crippen LogP contribution in [0.15, 0.2) is 65.4 Å². The molecule has 0 fully saturated rings. The first-order chi connectivity index (χ1) is 13.4. The molecular weight excluding hydrogens is 397 g/mol. The van der Waals surface area contributed by atoms with Crippen LogP contribution in [0.3, 0.4) is 0 Å². The predicted molar refractivity (Wildman–Crippen MR) is 114 cm³/mol. The molecule has 0 spiro atoms. The molecule has 1 unspecified atom stereocenters. The Morgan fingerprint density at radius 3 is 2.68 bits per heavy atom. The number of hydrogen-bond acceptors (Lipinski definition) is 4. The Morgan fingerprint density at radius 2 is 2.07 bits per heavy atom. The Hall–Kier alpha value is -2.24. The van der Waals surface area contributed by atoms with Crippen LogP contribution >= 0.6 is 23.2 Å². The van der Waals surface area contributed by atoms with E-state index < -0.39 is 6.10 Å². The lowest BCUT2D eigenvalue weighted by Crippen LogP contribution is -2.33. The normalized spacial score (nSPS) is 13.3. The third-order valence-electron chi connectivity index (χ3n) is 4.12. The summed E-state index contributed by atoms with van der Waals surface area (Å²) in [6.07, 6.45) is 11.0. The standard InChI is InChI=1S/C21H25Cl2N3O2/c1-15(2)5-4-6-16(3)7-10-20(28-26-12-11-24-14-26)21(25-27)18-9-8-17(22)13-19(18)23/h5,7-9,11-14,20,27H,4,6,10H2,1-3H3/b16-7+,25-21-. The van der Waals surface area contributed by atoms with Crippen molar-refractivity contribution in [3.8, 4) is 0 Å². The SMILES string of the molecule is CC(C)=CCC/C(C)=C/CC(On1ccnc1)/C(=N\O)c1ccc(Cl)cc1Cl. The van der Waals surface area contributed by atoms with E-state index in [4.69, 9.17) is 28.0 Å². The second-order valence-corrected chi connectivity index (χ2v) is 7.58. The number of rotatable bonds is 9. The van der Waals surface area contributed by atoms with Gasteiger partial charge in [-0.05, 0) is 51.8 Å². The Labute approximate surface area is 175 Å². The first-order valence-electron chi connectivity index (χ1n) is 9.02. The summed E-state index contributed by atoms with van der Waals surface area (Å²) in [7, 11) is 0. The lowest BCUT2D eigenvalue weighted by atomic mass is 10.0. The van der Waals surface area contributed by atoms with E-state index in [0.29, 0.717) is 27.7 Å². The Kier molecular flexibility index (Phi) is 8.61. The van der Waals surface area contributed by atoms with Gasteiger partial charge in [0.15, 0.2) is 6.10 Å². The van der Waals surface area contributed by atoms with Crippen LogP contribution in [-0.2, 0) is 0 Å². The molecule has 0 aliphatic heterocycles. The molecule has 2 aromatic rings. The van der Waals surface area contributed by atoms with E-state index in [-0.39, 0.29) is 0 Å². The van der Waals surface area contributed by atoms with Crippen molar-refractivity contribution in [3.05, 3.63) is 75.8 Å². The molecule has 1 N–H and O–H groups in total. The number of benzene rings is 1. The predicted octanol–water partition coefficient (Wildman–Crippen LogP) is 5.95. The molecular formula is C21H25Cl2N3O2. The van der Waals surface area contributed by atoms with Crippen LogP contribution in [0, 0.1) is 0 Å². The number of aromatic nitrogens is 2. The van der Waals surface area contributed by atoms with Gasteiger partial charge in [0.25, 0.3) is 0 Å². The molecule has 0 aliphatic carbocycles. The molecule has 1 heterocycles. The molecule has 1 atom stereocenters. The average Bonchev–Trinajstić information content (AvgIpc) is 3.14. The summed E-state index contributed by atoms with van der Waals surface area (Å²) in [6, 6.07) is 5.02. The van der Waals surface area contributed by atoms with Gasteiger partial charge in [-0.3, -0.25) is 0 Å². The van der Waals surface area contributed by atoms with Gasteiger partial charge in [-0.2, -0.15) is 4.73 Å². The molecule has 0 amide bonds. The second-order valence-electron chi connectivity index (χ2n) is 6.73. The minimum absolute atomic E-state index is 0.323. The van der Waals surface area contributed by atoms with Crippen molar-refractivity contribution in [2.75, 3.05) is 0 Å². The zero-order valence-corrected chi connectivity index (χ0v) is 17.8. The van der Waals surface area contributed by atoms with Gasteiger partial charge >= 0.3 is 0 Å². The number of nitrogens with zero attached hydrogens (tertiary/aromatic N) is 3. The highest BCUT2D eigenvalue weighted by Crippen LogP contribution is 2.24. The minimum atomic E-state index is -0.559. The third-order valence-corrected chi connectivity index (χ3v) is 4.67. The Bertz CT molecular complexity index is 855. The monoisotopic (exact) mass is 421 g/mol. The molecule has 7 heteroatoms. The van der Waals surface area contributed by atoms with E-state index in [9.17, 15) is 5.21 Å². The summed E-state index contributed by atoms with van der Waals surface area (Å²) in [5.74, 6) is 0. The van der Waals surface area contributed by atoms with Gasteiger partial charge in [-0.15, -0.1) is 0 Å². The van der Waals surface area contributed by atoms with Gasteiger partial charge in [0.05, 0.1) is 11.2 Å². The van der Waals surface area contributed by atoms with Gasteiger partial charge in [0.1, 0.15) is 12.0 Å². The van der Waals surface area contributed by atoms with Crippen LogP contribution in [0.25, 0.3) is 0 Å². The molecule has 0 aliphatic rings. The van der Waals surface area contributed by atoms with E-state index in [1.807, 2.05) is 0 Å². The van der Waals surface area contributed by atoms with Crippen molar-refractivity contribution in [3.63, 3.8) is 0 Å². The molecule has 28 heavy (non-hydrogen) atoms. The Balaban J connectivity index is 2.23. The summed E-state index contributed by atoms with van der Waals surface area (Å²) in [5.41, 5.74) is 3.43. The number of oxime groups is 1. The number of imidazole rings is 1. The second kappa shape index (κ2) is 10.9. The van der Waals surface area contributed by atoms with Gasteiger partial charge in [0.2, 0.25) is 0 Å². The molecule has 0 saturated carbocycles. The highest BCUT2D eigenvalue weighted by molar-refractivity contribution is 6.37. The lowest BCUT2D eigenvalue weighted by molar-refractivity contribution is 0.0765. The van der Waals surface area contributed by atoms with Crippen LogP contribution in [0.4, 0.5) is 0 Å². The number of halogens is 2. The molecule has 150 valence electrons. The van der Waals surface area contributed by atoms with Crippen LogP contribution in [0.5, 0.6) is 0 Å². The maximum atomic E-state index is 9.70. The van der Waals surface area contributed by atoms with Crippen molar-refractivity contribution in [2.24, 2.45) is 5.16 Å². The molecule has 0 bridgehead atoms. The zero-order valence-electron chi connectivity index (χ0n) is 16.3. The highest BCUT2D eigenvalue weighted by Gasteiger charge is 2.23. The van der Waals surface area contributed by atoms with Crippen LogP contribution in [0.1, 0.15) is 45.6 Å². The Morgan fingerprint density at radius 1 is 1.29 bits per heavy atom. The first-order valence-corrected chi connectivity index (χ1v) is 9.77. The van der Waals surface area contributed by atoms with E-state index in [0.717, 1.165) is 12.8 Å². The third kappa shape index (κ3) is 6.73. The molecule has 0 radical (unpaired) electrons. The molecule has 5 nitrogen and oxygen atoms in total. The lowest BCUT2D eigenvalue weighted by Gasteiger charge is -2.20. The fourth-order valence-electron chi connectivity index (χ4n) is 2.65. The summed E-state index contributed by atoms with van der Waals surface area (Å²) in [5, 5.41) is 14.1. The molecule has 1 aromatic heterocycles. The first kappa shape index (κ1) is 22.1. The van der Waals surface area contributed by atoms with Gasteiger partial charge in [-0.25, -0.2) is 4.98 Å². The number of allylic oxidation sites excluding steroid dienone is 3. The average molecular weight is 422 g/mol. The van der Waals surface area contributed by atoms with E-state index in [1.165, 1.54) is 22.2 Å². The van der Waals surface area contributed by atoms with Crippen molar-refractivity contribution in [1.29, 1.82) is 0 Å². The van der Waals surface area contributed by atoms with Crippen LogP contribution in [0.2, 0.25) is 10.0 Å². The summed E-state index contributed by atoms with van der Waals surface area (Å²) in [4.78, 5) is 9.94. The smallest absolute Gasteiger partial charge is 0.174 e. The van der Waals surface area contributed by atoms with E-state index in [2.05, 4.69) is 43.1 Å². The molecule has 2 rings (SSSR count). The fraction of sp³-hybridized carbons (Fsp3) is 0.333. The van der Waals surface area contributed by atoms with Gasteiger partial charge in [-0.1, -0.05) is 51.7 Å². The van der Waals surface area contributed by atoms with Gasteiger partial charge < -0.3 is 10.0 Å². The van der Waals surface area contributed by atoms with Crippen molar-refractivity contribution in [1.82, 2.24) is 9.71 Å². The number of hydrogen-bond donors (Lipinski definition) is 1. The molecule has 0 saturated heterocycles. The highest BCUT2D eigenvalue weighted by atomic mass is 35.5. The van der Waals surface area contributed by atoms with E-state index >= 15 is 0 Å². The quantitative estimate of drug-likeness (QED) is 0.235. The largest absolute Gasteiger partial charge is 0.411 e. The fourth-order valence-corrected chi connectivity index (χ4v) is 3.15. The van der Waals surface area contributed by atoms with Crippen LogP contribution < -0.4 is 4.84 Å². The summed E-state index contributed by atoms with van der Waals surface area (Å²) < 4.78 is 1.48. The topological polar surface area (TPSA) is 59.6 Å². The summed E-state index contributed by atoms with van der Waals surface area (Å²) in [6.45, 7) is 6.26. The maximum absolute atomic E-state index is 9.70. The van der Waals surface area contributed by atoms with Crippen molar-refractivity contribution >= 4 is 28.9 Å². The van der Waals surface area contributed by atoms with E-state index in [1.54, 1.807) is 30.6 Å². The van der Waals surface area contributed by atoms with Gasteiger partial charge in [0, 0.05) is 23.2 Å².